The van der Waals surface area contributed by atoms with Crippen LogP contribution in [0, 0.1) is 0 Å². The van der Waals surface area contributed by atoms with E-state index >= 15 is 0 Å². The fourth-order valence-electron chi connectivity index (χ4n) is 4.83. The minimum Gasteiger partial charge on any atom is -0.376 e. The molecular weight excluding hydrogens is 368 g/mol. The van der Waals surface area contributed by atoms with Gasteiger partial charge in [-0.2, -0.15) is 0 Å². The van der Waals surface area contributed by atoms with Crippen molar-refractivity contribution in [1.29, 1.82) is 0 Å². The van der Waals surface area contributed by atoms with Crippen LogP contribution in [0.25, 0.3) is 0 Å². The maximum absolute atomic E-state index is 13.5. The normalized spacial score (nSPS) is 26.0. The Morgan fingerprint density at radius 1 is 1.14 bits per heavy atom. The molecule has 0 bridgehead atoms. The molecule has 2 aliphatic heterocycles. The summed E-state index contributed by atoms with van der Waals surface area (Å²) in [6.45, 7) is 3.61. The fourth-order valence-corrected chi connectivity index (χ4v) is 4.83. The van der Waals surface area contributed by atoms with Crippen molar-refractivity contribution in [2.75, 3.05) is 19.8 Å². The van der Waals surface area contributed by atoms with E-state index in [0.29, 0.717) is 12.1 Å². The minimum atomic E-state index is -0.648. The minimum absolute atomic E-state index is 0.0793. The Morgan fingerprint density at radius 3 is 2.55 bits per heavy atom. The topological polar surface area (TPSA) is 67.9 Å². The summed E-state index contributed by atoms with van der Waals surface area (Å²) in [5.74, 6) is -0.245. The summed E-state index contributed by atoms with van der Waals surface area (Å²) in [6.07, 6.45) is 7.78. The van der Waals surface area contributed by atoms with Gasteiger partial charge < -0.3 is 14.8 Å². The van der Waals surface area contributed by atoms with Gasteiger partial charge in [0.25, 0.3) is 5.91 Å². The van der Waals surface area contributed by atoms with Crippen LogP contribution in [-0.4, -0.2) is 54.3 Å². The van der Waals surface area contributed by atoms with Gasteiger partial charge in [0, 0.05) is 18.7 Å². The van der Waals surface area contributed by atoms with Crippen LogP contribution in [0.2, 0.25) is 0 Å². The maximum Gasteiger partial charge on any atom is 0.256 e. The van der Waals surface area contributed by atoms with E-state index in [1.54, 1.807) is 4.90 Å². The highest BCUT2D eigenvalue weighted by molar-refractivity contribution is 5.98. The summed E-state index contributed by atoms with van der Waals surface area (Å²) in [4.78, 5) is 28.3. The summed E-state index contributed by atoms with van der Waals surface area (Å²) < 4.78 is 11.8. The van der Waals surface area contributed by atoms with Gasteiger partial charge in [0.15, 0.2) is 0 Å². The van der Waals surface area contributed by atoms with E-state index < -0.39 is 11.8 Å². The van der Waals surface area contributed by atoms with Gasteiger partial charge in [0.2, 0.25) is 5.91 Å². The first-order valence-electron chi connectivity index (χ1n) is 11.1. The molecule has 29 heavy (non-hydrogen) atoms. The highest BCUT2D eigenvalue weighted by atomic mass is 16.5. The van der Waals surface area contributed by atoms with E-state index in [1.165, 1.54) is 5.56 Å². The van der Waals surface area contributed by atoms with E-state index in [-0.39, 0.29) is 24.5 Å². The van der Waals surface area contributed by atoms with Crippen molar-refractivity contribution < 1.29 is 19.1 Å². The first kappa shape index (κ1) is 20.4. The predicted molar refractivity (Wildman–Crippen MR) is 110 cm³/mol. The number of carbonyl (C=O) groups is 2. The molecule has 2 atom stereocenters. The molecule has 6 nitrogen and oxygen atoms in total. The van der Waals surface area contributed by atoms with Gasteiger partial charge in [-0.3, -0.25) is 14.5 Å². The molecule has 0 aromatic heterocycles. The lowest BCUT2D eigenvalue weighted by atomic mass is 9.89. The maximum atomic E-state index is 13.5. The molecule has 0 unspecified atom stereocenters. The standard InChI is InChI=1S/C23H32N2O4/c1-2-17-8-10-18(11-9-17)22(27)25-20(16-29-23(25)12-4-3-5-13-23)21(26)24-15-19-7-6-14-28-19/h8-11,19-20H,2-7,12-16H2,1H3,(H,24,26)/t19-,20-/m0/s1. The lowest BCUT2D eigenvalue weighted by Gasteiger charge is -2.41. The van der Waals surface area contributed by atoms with Gasteiger partial charge in [0.05, 0.1) is 12.7 Å². The van der Waals surface area contributed by atoms with Crippen LogP contribution >= 0.6 is 0 Å². The lowest BCUT2D eigenvalue weighted by Crippen LogP contribution is -2.56. The molecule has 4 rings (SSSR count). The Kier molecular flexibility index (Phi) is 6.20. The highest BCUT2D eigenvalue weighted by Gasteiger charge is 2.52. The second-order valence-corrected chi connectivity index (χ2v) is 8.44. The third kappa shape index (κ3) is 4.19. The van der Waals surface area contributed by atoms with Gasteiger partial charge >= 0.3 is 0 Å². The van der Waals surface area contributed by atoms with E-state index in [0.717, 1.165) is 58.0 Å². The van der Waals surface area contributed by atoms with E-state index in [4.69, 9.17) is 9.47 Å². The zero-order chi connectivity index (χ0) is 20.3. The fraction of sp³-hybridized carbons (Fsp3) is 0.652. The molecule has 3 aliphatic rings. The Bertz CT molecular complexity index is 721. The van der Waals surface area contributed by atoms with Crippen molar-refractivity contribution in [1.82, 2.24) is 10.2 Å². The van der Waals surface area contributed by atoms with Crippen LogP contribution in [0.3, 0.4) is 0 Å². The van der Waals surface area contributed by atoms with Crippen LogP contribution in [0.1, 0.15) is 67.8 Å². The summed E-state index contributed by atoms with van der Waals surface area (Å²) >= 11 is 0. The number of rotatable bonds is 5. The number of nitrogens with zero attached hydrogens (tertiary/aromatic N) is 1. The third-order valence-electron chi connectivity index (χ3n) is 6.55. The average molecular weight is 401 g/mol. The van der Waals surface area contributed by atoms with Crippen molar-refractivity contribution in [2.24, 2.45) is 0 Å². The van der Waals surface area contributed by atoms with Gasteiger partial charge in [-0.05, 0) is 62.6 Å². The molecule has 1 saturated carbocycles. The Balaban J connectivity index is 1.54. The second-order valence-electron chi connectivity index (χ2n) is 8.44. The van der Waals surface area contributed by atoms with Crippen LogP contribution in [-0.2, 0) is 20.7 Å². The molecule has 1 aliphatic carbocycles. The predicted octanol–water partition coefficient (Wildman–Crippen LogP) is 3.05. The van der Waals surface area contributed by atoms with Crippen LogP contribution in [0.4, 0.5) is 0 Å². The number of carbonyl (C=O) groups excluding carboxylic acids is 2. The van der Waals surface area contributed by atoms with Gasteiger partial charge in [-0.25, -0.2) is 0 Å². The number of nitrogens with one attached hydrogen (secondary N) is 1. The number of benzene rings is 1. The summed E-state index contributed by atoms with van der Waals surface area (Å²) in [6, 6.07) is 7.14. The highest BCUT2D eigenvalue weighted by Crippen LogP contribution is 2.41. The summed E-state index contributed by atoms with van der Waals surface area (Å²) in [5, 5.41) is 3.01. The van der Waals surface area contributed by atoms with Crippen molar-refractivity contribution in [3.8, 4) is 0 Å². The monoisotopic (exact) mass is 400 g/mol. The Hall–Kier alpha value is -1.92. The van der Waals surface area contributed by atoms with Gasteiger partial charge in [0.1, 0.15) is 11.8 Å². The van der Waals surface area contributed by atoms with Crippen LogP contribution < -0.4 is 5.32 Å². The smallest absolute Gasteiger partial charge is 0.256 e. The number of aryl methyl sites for hydroxylation is 1. The van der Waals surface area contributed by atoms with E-state index in [1.807, 2.05) is 24.3 Å². The zero-order valence-electron chi connectivity index (χ0n) is 17.3. The first-order valence-corrected chi connectivity index (χ1v) is 11.1. The molecule has 1 aromatic rings. The van der Waals surface area contributed by atoms with Crippen molar-refractivity contribution in [3.63, 3.8) is 0 Å². The third-order valence-corrected chi connectivity index (χ3v) is 6.55. The molecular formula is C23H32N2O4. The molecule has 0 radical (unpaired) electrons. The second kappa shape index (κ2) is 8.84. The molecule has 1 aromatic carbocycles. The number of hydrogen-bond acceptors (Lipinski definition) is 4. The summed E-state index contributed by atoms with van der Waals surface area (Å²) in [5.41, 5.74) is 1.16. The molecule has 2 amide bonds. The van der Waals surface area contributed by atoms with Gasteiger partial charge in [-0.15, -0.1) is 0 Å². The van der Waals surface area contributed by atoms with E-state index in [9.17, 15) is 9.59 Å². The van der Waals surface area contributed by atoms with Crippen LogP contribution in [0.15, 0.2) is 24.3 Å². The Morgan fingerprint density at radius 2 is 1.90 bits per heavy atom. The average Bonchev–Trinajstić information content (AvgIpc) is 3.40. The van der Waals surface area contributed by atoms with Crippen LogP contribution in [0.5, 0.6) is 0 Å². The van der Waals surface area contributed by atoms with Crippen molar-refractivity contribution in [3.05, 3.63) is 35.4 Å². The zero-order valence-corrected chi connectivity index (χ0v) is 17.3. The molecule has 1 N–H and O–H groups in total. The van der Waals surface area contributed by atoms with Crippen molar-refractivity contribution >= 4 is 11.8 Å². The molecule has 6 heteroatoms. The van der Waals surface area contributed by atoms with E-state index in [2.05, 4.69) is 12.2 Å². The molecule has 158 valence electrons. The largest absolute Gasteiger partial charge is 0.376 e. The number of hydrogen-bond donors (Lipinski definition) is 1. The Labute approximate surface area is 172 Å². The quantitative estimate of drug-likeness (QED) is 0.825. The lowest BCUT2D eigenvalue weighted by molar-refractivity contribution is -0.127. The molecule has 2 saturated heterocycles. The first-order chi connectivity index (χ1) is 14.1. The van der Waals surface area contributed by atoms with Crippen molar-refractivity contribution in [2.45, 2.75) is 76.2 Å². The number of amides is 2. The molecule has 3 fully saturated rings. The SMILES string of the molecule is CCc1ccc(C(=O)N2[C@H](C(=O)NC[C@@H]3CCCO3)COC23CCCCC3)cc1. The summed E-state index contributed by atoms with van der Waals surface area (Å²) in [7, 11) is 0. The molecule has 1 spiro atoms. The van der Waals surface area contributed by atoms with Gasteiger partial charge in [-0.1, -0.05) is 25.5 Å². The number of ether oxygens (including phenoxy) is 2. The molecule has 2 heterocycles.